The molecule has 0 unspecified atom stereocenters. The molecule has 7 atom stereocenters. The number of benzene rings is 3. The lowest BCUT2D eigenvalue weighted by molar-refractivity contribution is -0.138. The largest absolute Gasteiger partial charge is 0.508 e. The lowest BCUT2D eigenvalue weighted by atomic mass is 9.97. The number of piperazine rings is 1. The van der Waals surface area contributed by atoms with Gasteiger partial charge in [-0.05, 0) is 78.3 Å². The van der Waals surface area contributed by atoms with Gasteiger partial charge in [0.1, 0.15) is 48.5 Å². The number of hydrogen-bond acceptors (Lipinski definition) is 13. The zero-order valence-corrected chi connectivity index (χ0v) is 48.7. The predicted molar refractivity (Wildman–Crippen MR) is 309 cm³/mol. The van der Waals surface area contributed by atoms with Crippen LogP contribution in [0, 0.1) is 29.3 Å². The Labute approximate surface area is 490 Å². The fourth-order valence-corrected chi connectivity index (χ4v) is 9.87. The summed E-state index contributed by atoms with van der Waals surface area (Å²) in [6.07, 6.45) is 5.44. The van der Waals surface area contributed by atoms with E-state index in [9.17, 15) is 61.4 Å². The summed E-state index contributed by atoms with van der Waals surface area (Å²) in [5.41, 5.74) is 0.786. The Bertz CT molecular complexity index is 3200. The molecule has 9 N–H and O–H groups in total. The van der Waals surface area contributed by atoms with Crippen LogP contribution < -0.4 is 47.7 Å². The number of aromatic nitrogens is 4. The molecule has 3 aromatic carbocycles. The highest BCUT2D eigenvalue weighted by molar-refractivity contribution is 5.96. The lowest BCUT2D eigenvalue weighted by Gasteiger charge is -2.38. The van der Waals surface area contributed by atoms with Crippen molar-refractivity contribution in [1.82, 2.24) is 61.6 Å². The van der Waals surface area contributed by atoms with Gasteiger partial charge in [-0.3, -0.25) is 47.7 Å². The molecule has 0 saturated carbocycles. The summed E-state index contributed by atoms with van der Waals surface area (Å²) in [5.74, 6) is -10.5. The lowest BCUT2D eigenvalue weighted by Crippen LogP contribution is -2.59. The molecule has 0 bridgehead atoms. The second-order valence-corrected chi connectivity index (χ2v) is 21.7. The van der Waals surface area contributed by atoms with Crippen molar-refractivity contribution in [1.29, 1.82) is 0 Å². The van der Waals surface area contributed by atoms with Crippen molar-refractivity contribution < 1.29 is 56.6 Å². The highest BCUT2D eigenvalue weighted by Gasteiger charge is 2.35. The van der Waals surface area contributed by atoms with Crippen molar-refractivity contribution in [3.8, 4) is 5.75 Å². The van der Waals surface area contributed by atoms with Gasteiger partial charge in [-0.1, -0.05) is 66.0 Å². The number of aromatic hydroxyl groups is 1. The topological polar surface area (TPSA) is 311 Å². The number of imidazole rings is 1. The third kappa shape index (κ3) is 18.3. The summed E-state index contributed by atoms with van der Waals surface area (Å²) in [6.45, 7) is 11.3. The number of unbranched alkanes of at least 4 members (excludes halogenated alkanes) is 1. The van der Waals surface area contributed by atoms with Crippen molar-refractivity contribution in [2.45, 2.75) is 136 Å². The molecule has 2 aromatic heterocycles. The Kier molecular flexibility index (Phi) is 23.5. The zero-order valence-electron chi connectivity index (χ0n) is 48.7. The van der Waals surface area contributed by atoms with E-state index in [1.807, 2.05) is 39.5 Å². The number of nitrogens with one attached hydrogen (secondary N) is 8. The first kappa shape index (κ1) is 65.3. The number of amides is 8. The smallest absolute Gasteiger partial charge is 0.261 e. The highest BCUT2D eigenvalue weighted by atomic mass is 19.2. The normalized spacial score (nSPS) is 14.9. The van der Waals surface area contributed by atoms with Gasteiger partial charge in [0.05, 0.1) is 23.6 Å². The summed E-state index contributed by atoms with van der Waals surface area (Å²) in [6, 6.07) is 4.75. The second kappa shape index (κ2) is 30.6. The molecule has 0 spiro atoms. The minimum absolute atomic E-state index is 0.0378. The van der Waals surface area contributed by atoms with Crippen molar-refractivity contribution in [3.05, 3.63) is 118 Å². The number of anilines is 1. The molecule has 26 heteroatoms. The number of halogens is 3. The van der Waals surface area contributed by atoms with E-state index in [2.05, 4.69) is 52.2 Å². The maximum atomic E-state index is 14.7. The third-order valence-corrected chi connectivity index (χ3v) is 14.7. The molecular formula is C59H76F3N13O10. The number of aromatic amines is 1. The first-order chi connectivity index (χ1) is 40.5. The van der Waals surface area contributed by atoms with E-state index in [1.54, 1.807) is 23.1 Å². The third-order valence-electron chi connectivity index (χ3n) is 14.7. The van der Waals surface area contributed by atoms with Crippen LogP contribution in [0.2, 0.25) is 0 Å². The number of phenols is 1. The number of carbonyl (C=O) groups is 8. The van der Waals surface area contributed by atoms with E-state index < -0.39 is 108 Å². The van der Waals surface area contributed by atoms with E-state index in [1.165, 1.54) is 50.8 Å². The Balaban J connectivity index is 1.21. The van der Waals surface area contributed by atoms with Crippen LogP contribution in [0.1, 0.15) is 90.5 Å². The molecule has 8 amide bonds. The standard InChI is InChI=1S/C59H76F3N13O10/c1-8-10-11-45(69-57(83)52(34(5)9-2)67-35(6)76)59(85)74-20-18-73(19-21-74)39-14-17-44-41(28-39)58(84)75(32-66-44)30-50(78)68-47(26-37-23-42(60)51(62)43(61)24-37)54(80)72-49(27-38-29-64-31-65-38)56(82)71-48(25-36-12-15-40(77)16-13-36)55(81)70-46(22-33(3)4)53(79)63-7/h12-17,23-24,28-29,31-34,45-49,52,77H,8-11,18-22,25-27,30H2,1-7H3,(H,63,79)(H,64,65)(H,67,76)(H,68,78)(H,69,83)(H,70,81)(H,71,82)(H,72,80)/t34-,45-,46-,47-,48-,49-,52-/m0/s1. The van der Waals surface area contributed by atoms with Crippen molar-refractivity contribution in [2.24, 2.45) is 11.8 Å². The second-order valence-electron chi connectivity index (χ2n) is 21.7. The van der Waals surface area contributed by atoms with Gasteiger partial charge in [0.25, 0.3) is 5.56 Å². The highest BCUT2D eigenvalue weighted by Crippen LogP contribution is 2.22. The molecule has 1 saturated heterocycles. The Hall–Kier alpha value is -8.84. The van der Waals surface area contributed by atoms with Gasteiger partial charge < -0.3 is 57.1 Å². The first-order valence-electron chi connectivity index (χ1n) is 28.4. The van der Waals surface area contributed by atoms with Gasteiger partial charge in [-0.25, -0.2) is 23.1 Å². The maximum absolute atomic E-state index is 14.7. The number of phenolic OH excluding ortho intramolecular Hbond substituents is 1. The van der Waals surface area contributed by atoms with Gasteiger partial charge in [-0.15, -0.1) is 0 Å². The van der Waals surface area contributed by atoms with Crippen LogP contribution in [0.3, 0.4) is 0 Å². The minimum atomic E-state index is -1.78. The average Bonchev–Trinajstić information content (AvgIpc) is 4.17. The quantitative estimate of drug-likeness (QED) is 0.0326. The molecule has 5 aromatic rings. The fourth-order valence-electron chi connectivity index (χ4n) is 9.87. The van der Waals surface area contributed by atoms with Crippen LogP contribution in [0.4, 0.5) is 18.9 Å². The molecule has 1 aliphatic rings. The Morgan fingerprint density at radius 3 is 1.88 bits per heavy atom. The summed E-state index contributed by atoms with van der Waals surface area (Å²) in [5, 5.41) is 28.6. The molecule has 0 aliphatic carbocycles. The Morgan fingerprint density at radius 2 is 1.31 bits per heavy atom. The van der Waals surface area contributed by atoms with Crippen LogP contribution in [-0.4, -0.2) is 146 Å². The molecule has 6 rings (SSSR count). The fraction of sp³-hybridized carbons (Fsp3) is 0.475. The number of likely N-dealkylation sites (N-methyl/N-ethyl adjacent to an activating group) is 1. The zero-order chi connectivity index (χ0) is 62.1. The number of H-pyrrole nitrogens is 1. The number of nitrogens with zero attached hydrogens (tertiary/aromatic N) is 5. The van der Waals surface area contributed by atoms with Gasteiger partial charge in [-0.2, -0.15) is 0 Å². The molecule has 23 nitrogen and oxygen atoms in total. The van der Waals surface area contributed by atoms with Crippen molar-refractivity contribution in [2.75, 3.05) is 38.1 Å². The monoisotopic (exact) mass is 1180 g/mol. The molecule has 1 fully saturated rings. The van der Waals surface area contributed by atoms with Crippen LogP contribution in [0.5, 0.6) is 5.75 Å². The van der Waals surface area contributed by atoms with Gasteiger partial charge >= 0.3 is 0 Å². The van der Waals surface area contributed by atoms with Crippen molar-refractivity contribution >= 4 is 63.8 Å². The number of carbonyl (C=O) groups excluding carboxylic acids is 8. The Morgan fingerprint density at radius 1 is 0.706 bits per heavy atom. The van der Waals surface area contributed by atoms with Crippen LogP contribution in [0.25, 0.3) is 10.9 Å². The summed E-state index contributed by atoms with van der Waals surface area (Å²) in [4.78, 5) is 138. The van der Waals surface area contributed by atoms with Crippen LogP contribution >= 0.6 is 0 Å². The van der Waals surface area contributed by atoms with Crippen molar-refractivity contribution in [3.63, 3.8) is 0 Å². The predicted octanol–water partition coefficient (Wildman–Crippen LogP) is 2.58. The number of hydrogen-bond donors (Lipinski definition) is 9. The molecule has 3 heterocycles. The minimum Gasteiger partial charge on any atom is -0.508 e. The average molecular weight is 1180 g/mol. The van der Waals surface area contributed by atoms with Gasteiger partial charge in [0, 0.05) is 77.0 Å². The van der Waals surface area contributed by atoms with Gasteiger partial charge in [0.15, 0.2) is 17.5 Å². The van der Waals surface area contributed by atoms with Gasteiger partial charge in [0.2, 0.25) is 47.3 Å². The van der Waals surface area contributed by atoms with E-state index >= 15 is 0 Å². The molecule has 85 heavy (non-hydrogen) atoms. The van der Waals surface area contributed by atoms with Crippen LogP contribution in [-0.2, 0) is 64.2 Å². The molecular weight excluding hydrogens is 1110 g/mol. The summed E-state index contributed by atoms with van der Waals surface area (Å²) in [7, 11) is 1.41. The summed E-state index contributed by atoms with van der Waals surface area (Å²) >= 11 is 0. The molecule has 458 valence electrons. The molecule has 1 aliphatic heterocycles. The number of fused-ring (bicyclic) bond motifs is 1. The van der Waals surface area contributed by atoms with E-state index in [-0.39, 0.29) is 78.2 Å². The van der Waals surface area contributed by atoms with Crippen LogP contribution in [0.15, 0.2) is 78.2 Å². The summed E-state index contributed by atoms with van der Waals surface area (Å²) < 4.78 is 44.5. The number of rotatable bonds is 28. The maximum Gasteiger partial charge on any atom is 0.261 e. The molecule has 0 radical (unpaired) electrons. The van der Waals surface area contributed by atoms with E-state index in [4.69, 9.17) is 0 Å². The van der Waals surface area contributed by atoms with E-state index in [0.717, 1.165) is 17.3 Å². The first-order valence-corrected chi connectivity index (χ1v) is 28.4. The van der Waals surface area contributed by atoms with E-state index in [0.29, 0.717) is 61.4 Å². The SMILES string of the molecule is CCCC[C@H](NC(=O)[C@@H](NC(C)=O)[C@@H](C)CC)C(=O)N1CCN(c2ccc3ncn(CC(=O)N[C@@H](Cc4cc(F)c(F)c(F)c4)C(=O)N[C@@H](Cc4cnc[nH]4)C(=O)N[C@@H](Cc4ccc(O)cc4)C(=O)N[C@@H](CC(C)C)C(=O)NC)c(=O)c3c2)CC1.